The van der Waals surface area contributed by atoms with Gasteiger partial charge in [0.2, 0.25) is 0 Å². The molecule has 0 saturated carbocycles. The lowest BCUT2D eigenvalue weighted by Gasteiger charge is -2.06. The topological polar surface area (TPSA) is 24.9 Å². The zero-order chi connectivity index (χ0) is 13.2. The van der Waals surface area contributed by atoms with Crippen molar-refractivity contribution in [2.45, 2.75) is 32.2 Å². The molecule has 1 fully saturated rings. The summed E-state index contributed by atoms with van der Waals surface area (Å²) in [7, 11) is 0. The molecule has 1 aliphatic rings. The molecule has 3 rings (SSSR count). The Morgan fingerprint density at radius 2 is 2.37 bits per heavy atom. The number of aryl methyl sites for hydroxylation is 1. The van der Waals surface area contributed by atoms with Gasteiger partial charge in [0.1, 0.15) is 0 Å². The van der Waals surface area contributed by atoms with Crippen molar-refractivity contribution < 1.29 is 0 Å². The molecular formula is C15H17BrN2S. The molecule has 0 aliphatic carbocycles. The second kappa shape index (κ2) is 5.73. The molecule has 1 saturated heterocycles. The van der Waals surface area contributed by atoms with E-state index in [0.29, 0.717) is 6.04 Å². The predicted octanol–water partition coefficient (Wildman–Crippen LogP) is 4.18. The van der Waals surface area contributed by atoms with Gasteiger partial charge in [-0.15, -0.1) is 11.3 Å². The maximum Gasteiger partial charge on any atom is 0.0948 e. The van der Waals surface area contributed by atoms with Crippen molar-refractivity contribution in [2.75, 3.05) is 6.54 Å². The summed E-state index contributed by atoms with van der Waals surface area (Å²) in [6.45, 7) is 3.30. The van der Waals surface area contributed by atoms with Crippen molar-refractivity contribution in [3.8, 4) is 11.3 Å². The Morgan fingerprint density at radius 3 is 3.16 bits per heavy atom. The summed E-state index contributed by atoms with van der Waals surface area (Å²) < 4.78 is 1.11. The van der Waals surface area contributed by atoms with Gasteiger partial charge in [0.15, 0.2) is 0 Å². The molecule has 2 heterocycles. The standard InChI is InChI=1S/C15H17BrN2S/c1-10-4-5-11(16)7-13(10)14-9-19-15(18-14)8-12-3-2-6-17-12/h4-5,7,9,12,17H,2-3,6,8H2,1H3. The Balaban J connectivity index is 1.82. The molecule has 0 amide bonds. The number of thiazole rings is 1. The molecule has 2 aromatic rings. The molecule has 0 bridgehead atoms. The molecule has 1 atom stereocenters. The fourth-order valence-corrected chi connectivity index (χ4v) is 3.78. The Morgan fingerprint density at radius 1 is 1.47 bits per heavy atom. The highest BCUT2D eigenvalue weighted by Crippen LogP contribution is 2.28. The number of nitrogens with one attached hydrogen (secondary N) is 1. The van der Waals surface area contributed by atoms with Crippen molar-refractivity contribution in [3.63, 3.8) is 0 Å². The largest absolute Gasteiger partial charge is 0.314 e. The third-order valence-corrected chi connectivity index (χ3v) is 4.98. The first-order valence-electron chi connectivity index (χ1n) is 6.67. The van der Waals surface area contributed by atoms with Gasteiger partial charge >= 0.3 is 0 Å². The van der Waals surface area contributed by atoms with E-state index in [2.05, 4.69) is 51.7 Å². The van der Waals surface area contributed by atoms with Crippen LogP contribution in [-0.2, 0) is 6.42 Å². The molecule has 1 aromatic carbocycles. The van der Waals surface area contributed by atoms with Crippen LogP contribution in [0.25, 0.3) is 11.3 Å². The first-order valence-corrected chi connectivity index (χ1v) is 8.34. The number of benzene rings is 1. The second-order valence-corrected chi connectivity index (χ2v) is 6.94. The Bertz CT molecular complexity index is 573. The smallest absolute Gasteiger partial charge is 0.0948 e. The van der Waals surface area contributed by atoms with Crippen LogP contribution in [0, 0.1) is 6.92 Å². The second-order valence-electron chi connectivity index (χ2n) is 5.08. The van der Waals surface area contributed by atoms with Gasteiger partial charge in [0, 0.05) is 27.9 Å². The lowest BCUT2D eigenvalue weighted by molar-refractivity contribution is 0.601. The van der Waals surface area contributed by atoms with Crippen LogP contribution in [0.15, 0.2) is 28.1 Å². The first-order chi connectivity index (χ1) is 9.22. The van der Waals surface area contributed by atoms with E-state index in [1.807, 2.05) is 0 Å². The summed E-state index contributed by atoms with van der Waals surface area (Å²) in [5.74, 6) is 0. The number of nitrogens with zero attached hydrogens (tertiary/aromatic N) is 1. The SMILES string of the molecule is Cc1ccc(Br)cc1-c1csc(CC2CCCN2)n1. The molecule has 0 radical (unpaired) electrons. The number of aromatic nitrogens is 1. The molecule has 1 N–H and O–H groups in total. The van der Waals surface area contributed by atoms with E-state index >= 15 is 0 Å². The molecule has 0 spiro atoms. The van der Waals surface area contributed by atoms with Gasteiger partial charge in [-0.3, -0.25) is 0 Å². The molecule has 4 heteroatoms. The monoisotopic (exact) mass is 336 g/mol. The summed E-state index contributed by atoms with van der Waals surface area (Å²) in [6, 6.07) is 7.00. The predicted molar refractivity (Wildman–Crippen MR) is 84.7 cm³/mol. The number of hydrogen-bond acceptors (Lipinski definition) is 3. The summed E-state index contributed by atoms with van der Waals surface area (Å²) in [4.78, 5) is 4.80. The minimum Gasteiger partial charge on any atom is -0.314 e. The average molecular weight is 337 g/mol. The molecule has 1 unspecified atom stereocenters. The highest BCUT2D eigenvalue weighted by molar-refractivity contribution is 9.10. The summed E-state index contributed by atoms with van der Waals surface area (Å²) >= 11 is 5.32. The lowest BCUT2D eigenvalue weighted by atomic mass is 10.1. The average Bonchev–Trinajstić information content (AvgIpc) is 3.04. The van der Waals surface area contributed by atoms with Crippen LogP contribution in [0.5, 0.6) is 0 Å². The molecule has 1 aromatic heterocycles. The first kappa shape index (κ1) is 13.3. The van der Waals surface area contributed by atoms with Gasteiger partial charge in [-0.1, -0.05) is 22.0 Å². The molecule has 100 valence electrons. The molecule has 19 heavy (non-hydrogen) atoms. The van der Waals surface area contributed by atoms with Crippen LogP contribution >= 0.6 is 27.3 Å². The van der Waals surface area contributed by atoms with Gasteiger partial charge in [-0.25, -0.2) is 4.98 Å². The normalized spacial score (nSPS) is 18.9. The Kier molecular flexibility index (Phi) is 4.01. The van der Waals surface area contributed by atoms with Crippen LogP contribution in [0.2, 0.25) is 0 Å². The van der Waals surface area contributed by atoms with Gasteiger partial charge in [-0.05, 0) is 44.0 Å². The van der Waals surface area contributed by atoms with Crippen LogP contribution in [0.1, 0.15) is 23.4 Å². The van der Waals surface area contributed by atoms with Crippen molar-refractivity contribution in [1.29, 1.82) is 0 Å². The quantitative estimate of drug-likeness (QED) is 0.909. The van der Waals surface area contributed by atoms with Crippen molar-refractivity contribution >= 4 is 27.3 Å². The van der Waals surface area contributed by atoms with Gasteiger partial charge in [0.05, 0.1) is 10.7 Å². The zero-order valence-corrected chi connectivity index (χ0v) is 13.4. The van der Waals surface area contributed by atoms with Crippen LogP contribution < -0.4 is 5.32 Å². The molecule has 2 nitrogen and oxygen atoms in total. The van der Waals surface area contributed by atoms with E-state index in [0.717, 1.165) is 23.1 Å². The fraction of sp³-hybridized carbons (Fsp3) is 0.400. The van der Waals surface area contributed by atoms with E-state index in [4.69, 9.17) is 4.98 Å². The van der Waals surface area contributed by atoms with E-state index in [1.165, 1.54) is 29.0 Å². The fourth-order valence-electron chi connectivity index (χ4n) is 2.54. The van der Waals surface area contributed by atoms with E-state index in [1.54, 1.807) is 11.3 Å². The Hall–Kier alpha value is -0.710. The minimum absolute atomic E-state index is 0.627. The van der Waals surface area contributed by atoms with Gasteiger partial charge < -0.3 is 5.32 Å². The summed E-state index contributed by atoms with van der Waals surface area (Å²) in [5, 5.41) is 6.96. The number of hydrogen-bond donors (Lipinski definition) is 1. The van der Waals surface area contributed by atoms with Crippen molar-refractivity contribution in [1.82, 2.24) is 10.3 Å². The molecular weight excluding hydrogens is 320 g/mol. The van der Waals surface area contributed by atoms with E-state index in [9.17, 15) is 0 Å². The van der Waals surface area contributed by atoms with Crippen LogP contribution in [0.3, 0.4) is 0 Å². The zero-order valence-electron chi connectivity index (χ0n) is 10.9. The summed E-state index contributed by atoms with van der Waals surface area (Å²) in [5.41, 5.74) is 3.62. The van der Waals surface area contributed by atoms with Crippen molar-refractivity contribution in [3.05, 3.63) is 38.6 Å². The molecule has 1 aliphatic heterocycles. The third-order valence-electron chi connectivity index (χ3n) is 3.61. The minimum atomic E-state index is 0.627. The lowest BCUT2D eigenvalue weighted by Crippen LogP contribution is -2.23. The highest BCUT2D eigenvalue weighted by Gasteiger charge is 2.16. The van der Waals surface area contributed by atoms with E-state index < -0.39 is 0 Å². The number of rotatable bonds is 3. The maximum absolute atomic E-state index is 4.80. The number of halogens is 1. The van der Waals surface area contributed by atoms with E-state index in [-0.39, 0.29) is 0 Å². The Labute approximate surface area is 126 Å². The summed E-state index contributed by atoms with van der Waals surface area (Å²) in [6.07, 6.45) is 3.65. The maximum atomic E-state index is 4.80. The van der Waals surface area contributed by atoms with Gasteiger partial charge in [0.25, 0.3) is 0 Å². The van der Waals surface area contributed by atoms with Gasteiger partial charge in [-0.2, -0.15) is 0 Å². The van der Waals surface area contributed by atoms with Crippen LogP contribution in [0.4, 0.5) is 0 Å². The highest BCUT2D eigenvalue weighted by atomic mass is 79.9. The van der Waals surface area contributed by atoms with Crippen molar-refractivity contribution in [2.24, 2.45) is 0 Å². The van der Waals surface area contributed by atoms with Crippen LogP contribution in [-0.4, -0.2) is 17.6 Å². The third kappa shape index (κ3) is 3.07.